The monoisotopic (exact) mass is 255 g/mol. The first kappa shape index (κ1) is 14.6. The summed E-state index contributed by atoms with van der Waals surface area (Å²) in [5.41, 5.74) is 1.95. The number of rotatable bonds is 6. The van der Waals surface area contributed by atoms with E-state index in [0.717, 1.165) is 5.56 Å². The Morgan fingerprint density at radius 3 is 2.61 bits per heavy atom. The van der Waals surface area contributed by atoms with Crippen molar-refractivity contribution < 1.29 is 13.5 Å². The number of para-hydroxylation sites is 1. The molecule has 1 aromatic rings. The van der Waals surface area contributed by atoms with Crippen LogP contribution in [-0.2, 0) is 0 Å². The Morgan fingerprint density at radius 2 is 2.00 bits per heavy atom. The molecule has 0 saturated heterocycles. The van der Waals surface area contributed by atoms with E-state index < -0.39 is 6.61 Å². The van der Waals surface area contributed by atoms with Crippen LogP contribution in [0.15, 0.2) is 35.9 Å². The Morgan fingerprint density at radius 1 is 1.33 bits per heavy atom. The number of allylic oxidation sites excluding steroid dienone is 1. The van der Waals surface area contributed by atoms with E-state index in [-0.39, 0.29) is 11.8 Å². The van der Waals surface area contributed by atoms with E-state index >= 15 is 0 Å². The quantitative estimate of drug-likeness (QED) is 0.778. The zero-order chi connectivity index (χ0) is 13.5. The maximum atomic E-state index is 12.3. The van der Waals surface area contributed by atoms with Gasteiger partial charge in [0.15, 0.2) is 0 Å². The van der Waals surface area contributed by atoms with Crippen LogP contribution in [0, 0.1) is 0 Å². The lowest BCUT2D eigenvalue weighted by Gasteiger charge is -2.17. The van der Waals surface area contributed by atoms with E-state index in [9.17, 15) is 8.78 Å². The van der Waals surface area contributed by atoms with Gasteiger partial charge in [0, 0.05) is 18.2 Å². The van der Waals surface area contributed by atoms with Crippen molar-refractivity contribution in [1.29, 1.82) is 0 Å². The molecular weight excluding hydrogens is 236 g/mol. The van der Waals surface area contributed by atoms with Crippen molar-refractivity contribution in [3.63, 3.8) is 0 Å². The van der Waals surface area contributed by atoms with Crippen LogP contribution in [0.2, 0.25) is 0 Å². The number of ether oxygens (including phenoxy) is 1. The SMILES string of the molecule is CC(C)=CCNC(C)c1ccccc1OC(F)F. The zero-order valence-corrected chi connectivity index (χ0v) is 10.9. The van der Waals surface area contributed by atoms with Gasteiger partial charge >= 0.3 is 6.61 Å². The lowest BCUT2D eigenvalue weighted by molar-refractivity contribution is -0.0506. The number of halogens is 2. The summed E-state index contributed by atoms with van der Waals surface area (Å²) >= 11 is 0. The lowest BCUT2D eigenvalue weighted by Crippen LogP contribution is -2.20. The van der Waals surface area contributed by atoms with Gasteiger partial charge in [-0.25, -0.2) is 0 Å². The van der Waals surface area contributed by atoms with Crippen molar-refractivity contribution >= 4 is 0 Å². The maximum absolute atomic E-state index is 12.3. The van der Waals surface area contributed by atoms with Crippen LogP contribution in [0.25, 0.3) is 0 Å². The second kappa shape index (κ2) is 7.11. The lowest BCUT2D eigenvalue weighted by atomic mass is 10.1. The zero-order valence-electron chi connectivity index (χ0n) is 10.9. The van der Waals surface area contributed by atoms with E-state index in [2.05, 4.69) is 10.1 Å². The first-order valence-corrected chi connectivity index (χ1v) is 5.91. The second-order valence-electron chi connectivity index (χ2n) is 4.33. The van der Waals surface area contributed by atoms with Gasteiger partial charge in [0.05, 0.1) is 0 Å². The van der Waals surface area contributed by atoms with E-state index in [1.807, 2.05) is 32.9 Å². The highest BCUT2D eigenvalue weighted by atomic mass is 19.3. The van der Waals surface area contributed by atoms with Gasteiger partial charge in [-0.1, -0.05) is 29.8 Å². The van der Waals surface area contributed by atoms with Crippen LogP contribution >= 0.6 is 0 Å². The van der Waals surface area contributed by atoms with Crippen LogP contribution in [0.5, 0.6) is 5.75 Å². The molecule has 1 N–H and O–H groups in total. The average Bonchev–Trinajstić information content (AvgIpc) is 2.28. The fourth-order valence-corrected chi connectivity index (χ4v) is 1.59. The Hall–Kier alpha value is -1.42. The third-order valence-corrected chi connectivity index (χ3v) is 2.54. The van der Waals surface area contributed by atoms with E-state index in [1.54, 1.807) is 18.2 Å². The fourth-order valence-electron chi connectivity index (χ4n) is 1.59. The summed E-state index contributed by atoms with van der Waals surface area (Å²) in [4.78, 5) is 0. The molecule has 0 amide bonds. The summed E-state index contributed by atoms with van der Waals surface area (Å²) in [5.74, 6) is 0.227. The smallest absolute Gasteiger partial charge is 0.387 e. The normalized spacial score (nSPS) is 12.3. The minimum Gasteiger partial charge on any atom is -0.434 e. The molecular formula is C14H19F2NO. The van der Waals surface area contributed by atoms with Crippen molar-refractivity contribution in [2.24, 2.45) is 0 Å². The van der Waals surface area contributed by atoms with Crippen LogP contribution < -0.4 is 10.1 Å². The summed E-state index contributed by atoms with van der Waals surface area (Å²) < 4.78 is 29.0. The molecule has 18 heavy (non-hydrogen) atoms. The predicted molar refractivity (Wildman–Crippen MR) is 68.9 cm³/mol. The molecule has 0 aliphatic carbocycles. The van der Waals surface area contributed by atoms with Gasteiger partial charge in [-0.05, 0) is 26.8 Å². The Balaban J connectivity index is 2.72. The Kier molecular flexibility index (Phi) is 5.78. The highest BCUT2D eigenvalue weighted by molar-refractivity contribution is 5.35. The number of alkyl halides is 2. The van der Waals surface area contributed by atoms with Gasteiger partial charge in [-0.3, -0.25) is 0 Å². The standard InChI is InChI=1S/C14H19F2NO/c1-10(2)8-9-17-11(3)12-6-4-5-7-13(12)18-14(15)16/h4-8,11,14,17H,9H2,1-3H3. The molecule has 2 nitrogen and oxygen atoms in total. The van der Waals surface area contributed by atoms with Crippen LogP contribution in [0.3, 0.4) is 0 Å². The van der Waals surface area contributed by atoms with E-state index in [0.29, 0.717) is 6.54 Å². The second-order valence-corrected chi connectivity index (χ2v) is 4.33. The summed E-state index contributed by atoms with van der Waals surface area (Å²) in [6.45, 7) is 3.86. The number of benzene rings is 1. The summed E-state index contributed by atoms with van der Waals surface area (Å²) in [6.07, 6.45) is 2.05. The minimum absolute atomic E-state index is 0.0458. The van der Waals surface area contributed by atoms with Crippen molar-refractivity contribution in [2.75, 3.05) is 6.54 Å². The van der Waals surface area contributed by atoms with Gasteiger partial charge in [0.25, 0.3) is 0 Å². The van der Waals surface area contributed by atoms with Gasteiger partial charge in [-0.15, -0.1) is 0 Å². The molecule has 4 heteroatoms. The summed E-state index contributed by atoms with van der Waals surface area (Å²) in [5, 5.41) is 3.24. The molecule has 1 atom stereocenters. The van der Waals surface area contributed by atoms with E-state index in [1.165, 1.54) is 5.57 Å². The molecule has 100 valence electrons. The van der Waals surface area contributed by atoms with Crippen LogP contribution in [-0.4, -0.2) is 13.2 Å². The van der Waals surface area contributed by atoms with Gasteiger partial charge in [-0.2, -0.15) is 8.78 Å². The molecule has 0 aliphatic heterocycles. The predicted octanol–water partition coefficient (Wildman–Crippen LogP) is 3.90. The van der Waals surface area contributed by atoms with Crippen molar-refractivity contribution in [2.45, 2.75) is 33.4 Å². The molecule has 1 rings (SSSR count). The molecule has 0 fully saturated rings. The summed E-state index contributed by atoms with van der Waals surface area (Å²) in [6, 6.07) is 6.80. The van der Waals surface area contributed by atoms with Crippen molar-refractivity contribution in [3.8, 4) is 5.75 Å². The fraction of sp³-hybridized carbons (Fsp3) is 0.429. The molecule has 0 aromatic heterocycles. The number of hydrogen-bond acceptors (Lipinski definition) is 2. The molecule has 0 aliphatic rings. The highest BCUT2D eigenvalue weighted by Crippen LogP contribution is 2.26. The molecule has 0 bridgehead atoms. The average molecular weight is 255 g/mol. The number of nitrogens with one attached hydrogen (secondary N) is 1. The molecule has 0 radical (unpaired) electrons. The molecule has 0 heterocycles. The van der Waals surface area contributed by atoms with Gasteiger partial charge < -0.3 is 10.1 Å². The molecule has 1 aromatic carbocycles. The minimum atomic E-state index is -2.80. The topological polar surface area (TPSA) is 21.3 Å². The maximum Gasteiger partial charge on any atom is 0.387 e. The largest absolute Gasteiger partial charge is 0.434 e. The van der Waals surface area contributed by atoms with Crippen LogP contribution in [0.4, 0.5) is 8.78 Å². The first-order valence-electron chi connectivity index (χ1n) is 5.91. The molecule has 1 unspecified atom stereocenters. The Labute approximate surface area is 107 Å². The third-order valence-electron chi connectivity index (χ3n) is 2.54. The molecule has 0 spiro atoms. The van der Waals surface area contributed by atoms with Gasteiger partial charge in [0.1, 0.15) is 5.75 Å². The van der Waals surface area contributed by atoms with Crippen LogP contribution in [0.1, 0.15) is 32.4 Å². The summed E-state index contributed by atoms with van der Waals surface area (Å²) in [7, 11) is 0. The van der Waals surface area contributed by atoms with Gasteiger partial charge in [0.2, 0.25) is 0 Å². The van der Waals surface area contributed by atoms with Crippen molar-refractivity contribution in [3.05, 3.63) is 41.5 Å². The van der Waals surface area contributed by atoms with Crippen molar-refractivity contribution in [1.82, 2.24) is 5.32 Å². The highest BCUT2D eigenvalue weighted by Gasteiger charge is 2.13. The van der Waals surface area contributed by atoms with E-state index in [4.69, 9.17) is 0 Å². The number of hydrogen-bond donors (Lipinski definition) is 1. The molecule has 0 saturated carbocycles. The first-order chi connectivity index (χ1) is 8.50. The third kappa shape index (κ3) is 4.84. The Bertz CT molecular complexity index is 401.